The van der Waals surface area contributed by atoms with Crippen molar-refractivity contribution in [2.24, 2.45) is 5.92 Å². The van der Waals surface area contributed by atoms with Gasteiger partial charge in [-0.15, -0.1) is 0 Å². The Kier molecular flexibility index (Phi) is 5.54. The summed E-state index contributed by atoms with van der Waals surface area (Å²) in [5, 5.41) is 0. The van der Waals surface area contributed by atoms with E-state index in [9.17, 15) is 9.59 Å². The van der Waals surface area contributed by atoms with Crippen LogP contribution in [0.25, 0.3) is 0 Å². The van der Waals surface area contributed by atoms with Crippen LogP contribution in [0, 0.1) is 5.92 Å². The Morgan fingerprint density at radius 1 is 1.35 bits per heavy atom. The summed E-state index contributed by atoms with van der Waals surface area (Å²) < 4.78 is 16.3. The number of rotatable bonds is 4. The predicted molar refractivity (Wildman–Crippen MR) is 95.2 cm³/mol. The Labute approximate surface area is 153 Å². The van der Waals surface area contributed by atoms with Gasteiger partial charge in [-0.1, -0.05) is 26.0 Å². The van der Waals surface area contributed by atoms with Crippen molar-refractivity contribution < 1.29 is 23.8 Å². The molecule has 2 aliphatic rings. The summed E-state index contributed by atoms with van der Waals surface area (Å²) in [5.41, 5.74) is 0.904. The van der Waals surface area contributed by atoms with Gasteiger partial charge in [-0.3, -0.25) is 9.69 Å². The zero-order chi connectivity index (χ0) is 18.7. The molecule has 0 bridgehead atoms. The molecule has 1 aromatic carbocycles. The molecule has 2 heterocycles. The molecule has 0 aliphatic carbocycles. The fraction of sp³-hybridized carbons (Fsp3) is 0.579. The van der Waals surface area contributed by atoms with Crippen LogP contribution in [-0.2, 0) is 16.1 Å². The van der Waals surface area contributed by atoms with E-state index in [1.54, 1.807) is 16.9 Å². The SMILES string of the molecule is COc1cccc2c1OCCCN(C(=O)CN1C(=O)OC[C@@H]1C(C)C)C2. The first-order valence-corrected chi connectivity index (χ1v) is 9.01. The van der Waals surface area contributed by atoms with E-state index in [2.05, 4.69) is 0 Å². The standard InChI is InChI=1S/C19H26N2O5/c1-13(2)15-12-26-19(23)21(15)11-17(22)20-8-5-9-25-18-14(10-20)6-4-7-16(18)24-3/h4,6-7,13,15H,5,8-12H2,1-3H3/t15-/m1/s1. The normalized spacial score (nSPS) is 20.2. The largest absolute Gasteiger partial charge is 0.493 e. The van der Waals surface area contributed by atoms with Crippen molar-refractivity contribution in [1.29, 1.82) is 0 Å². The van der Waals surface area contributed by atoms with Crippen molar-refractivity contribution >= 4 is 12.0 Å². The number of methoxy groups -OCH3 is 1. The van der Waals surface area contributed by atoms with Crippen molar-refractivity contribution in [3.8, 4) is 11.5 Å². The van der Waals surface area contributed by atoms with Crippen LogP contribution in [-0.4, -0.2) is 61.3 Å². The molecule has 2 amide bonds. The van der Waals surface area contributed by atoms with Crippen molar-refractivity contribution in [3.63, 3.8) is 0 Å². The average molecular weight is 362 g/mol. The van der Waals surface area contributed by atoms with Gasteiger partial charge in [0.2, 0.25) is 5.91 Å². The van der Waals surface area contributed by atoms with Crippen molar-refractivity contribution in [2.75, 3.05) is 33.4 Å². The van der Waals surface area contributed by atoms with Gasteiger partial charge in [0.15, 0.2) is 11.5 Å². The van der Waals surface area contributed by atoms with Crippen molar-refractivity contribution in [2.45, 2.75) is 32.9 Å². The molecule has 0 N–H and O–H groups in total. The highest BCUT2D eigenvalue weighted by Crippen LogP contribution is 2.33. The highest BCUT2D eigenvalue weighted by molar-refractivity contribution is 5.83. The fourth-order valence-corrected chi connectivity index (χ4v) is 3.38. The van der Waals surface area contributed by atoms with Gasteiger partial charge in [-0.25, -0.2) is 4.79 Å². The first kappa shape index (κ1) is 18.4. The van der Waals surface area contributed by atoms with E-state index in [-0.39, 0.29) is 24.4 Å². The smallest absolute Gasteiger partial charge is 0.410 e. The number of carbonyl (C=O) groups is 2. The molecule has 0 radical (unpaired) electrons. The van der Waals surface area contributed by atoms with E-state index < -0.39 is 6.09 Å². The number of nitrogens with zero attached hydrogens (tertiary/aromatic N) is 2. The number of carbonyl (C=O) groups excluding carboxylic acids is 2. The minimum Gasteiger partial charge on any atom is -0.493 e. The zero-order valence-corrected chi connectivity index (χ0v) is 15.6. The van der Waals surface area contributed by atoms with E-state index in [4.69, 9.17) is 14.2 Å². The molecule has 7 heteroatoms. The quantitative estimate of drug-likeness (QED) is 0.822. The van der Waals surface area contributed by atoms with Crippen molar-refractivity contribution in [3.05, 3.63) is 23.8 Å². The molecule has 1 saturated heterocycles. The minimum absolute atomic E-state index is 0.0435. The van der Waals surface area contributed by atoms with Gasteiger partial charge in [0, 0.05) is 18.7 Å². The third kappa shape index (κ3) is 3.71. The van der Waals surface area contributed by atoms with E-state index in [0.29, 0.717) is 37.8 Å². The van der Waals surface area contributed by atoms with Crippen LogP contribution in [0.4, 0.5) is 4.79 Å². The molecule has 0 unspecified atom stereocenters. The van der Waals surface area contributed by atoms with Crippen LogP contribution in [0.3, 0.4) is 0 Å². The molecule has 26 heavy (non-hydrogen) atoms. The van der Waals surface area contributed by atoms with Crippen LogP contribution in [0.1, 0.15) is 25.8 Å². The zero-order valence-electron chi connectivity index (χ0n) is 15.6. The molecular weight excluding hydrogens is 336 g/mol. The van der Waals surface area contributed by atoms with Crippen molar-refractivity contribution in [1.82, 2.24) is 9.80 Å². The molecule has 1 fully saturated rings. The number of ether oxygens (including phenoxy) is 3. The van der Waals surface area contributed by atoms with Gasteiger partial charge in [-0.05, 0) is 18.4 Å². The van der Waals surface area contributed by atoms with Crippen LogP contribution in [0.5, 0.6) is 11.5 Å². The topological polar surface area (TPSA) is 68.3 Å². The second kappa shape index (κ2) is 7.85. The number of para-hydroxylation sites is 1. The lowest BCUT2D eigenvalue weighted by atomic mass is 10.0. The number of hydrogen-bond acceptors (Lipinski definition) is 5. The maximum atomic E-state index is 12.9. The maximum absolute atomic E-state index is 12.9. The highest BCUT2D eigenvalue weighted by Gasteiger charge is 2.37. The molecule has 1 aromatic rings. The van der Waals surface area contributed by atoms with Crippen LogP contribution in [0.2, 0.25) is 0 Å². The molecular formula is C19H26N2O5. The molecule has 0 saturated carbocycles. The molecule has 2 aliphatic heterocycles. The Hall–Kier alpha value is -2.44. The van der Waals surface area contributed by atoms with Crippen LogP contribution in [0.15, 0.2) is 18.2 Å². The Morgan fingerprint density at radius 3 is 2.88 bits per heavy atom. The average Bonchev–Trinajstić information content (AvgIpc) is 2.95. The summed E-state index contributed by atoms with van der Waals surface area (Å²) in [5.74, 6) is 1.51. The van der Waals surface area contributed by atoms with Gasteiger partial charge in [0.05, 0.1) is 19.8 Å². The molecule has 0 aromatic heterocycles. The molecule has 3 rings (SSSR count). The molecule has 1 atom stereocenters. The van der Waals surface area contributed by atoms with Gasteiger partial charge >= 0.3 is 6.09 Å². The second-order valence-electron chi connectivity index (χ2n) is 6.98. The Balaban J connectivity index is 1.75. The second-order valence-corrected chi connectivity index (χ2v) is 6.98. The maximum Gasteiger partial charge on any atom is 0.410 e. The highest BCUT2D eigenvalue weighted by atomic mass is 16.6. The molecule has 142 valence electrons. The molecule has 7 nitrogen and oxygen atoms in total. The van der Waals surface area contributed by atoms with Gasteiger partial charge in [0.25, 0.3) is 0 Å². The lowest BCUT2D eigenvalue weighted by Gasteiger charge is -2.30. The first-order valence-electron chi connectivity index (χ1n) is 9.01. The summed E-state index contributed by atoms with van der Waals surface area (Å²) in [6, 6.07) is 5.61. The predicted octanol–water partition coefficient (Wildman–Crippen LogP) is 2.28. The molecule has 0 spiro atoms. The van der Waals surface area contributed by atoms with E-state index in [1.165, 1.54) is 0 Å². The van der Waals surface area contributed by atoms with E-state index >= 15 is 0 Å². The van der Waals surface area contributed by atoms with Gasteiger partial charge in [0.1, 0.15) is 13.2 Å². The lowest BCUT2D eigenvalue weighted by Crippen LogP contribution is -2.46. The number of amides is 2. The Morgan fingerprint density at radius 2 is 2.15 bits per heavy atom. The van der Waals surface area contributed by atoms with Crippen LogP contribution >= 0.6 is 0 Å². The van der Waals surface area contributed by atoms with Gasteiger partial charge < -0.3 is 19.1 Å². The number of benzene rings is 1. The number of hydrogen-bond donors (Lipinski definition) is 0. The minimum atomic E-state index is -0.408. The summed E-state index contributed by atoms with van der Waals surface area (Å²) >= 11 is 0. The van der Waals surface area contributed by atoms with Crippen LogP contribution < -0.4 is 9.47 Å². The number of cyclic esters (lactones) is 1. The third-order valence-corrected chi connectivity index (χ3v) is 4.90. The summed E-state index contributed by atoms with van der Waals surface area (Å²) in [7, 11) is 1.60. The van der Waals surface area contributed by atoms with E-state index in [0.717, 1.165) is 12.0 Å². The first-order chi connectivity index (χ1) is 12.5. The third-order valence-electron chi connectivity index (χ3n) is 4.90. The fourth-order valence-electron chi connectivity index (χ4n) is 3.38. The lowest BCUT2D eigenvalue weighted by molar-refractivity contribution is -0.133. The summed E-state index contributed by atoms with van der Waals surface area (Å²) in [6.07, 6.45) is 0.316. The monoisotopic (exact) mass is 362 g/mol. The number of fused-ring (bicyclic) bond motifs is 1. The Bertz CT molecular complexity index is 676. The van der Waals surface area contributed by atoms with Gasteiger partial charge in [-0.2, -0.15) is 0 Å². The summed E-state index contributed by atoms with van der Waals surface area (Å²) in [6.45, 7) is 5.97. The summed E-state index contributed by atoms with van der Waals surface area (Å²) in [4.78, 5) is 28.2. The van der Waals surface area contributed by atoms with E-state index in [1.807, 2.05) is 32.0 Å².